The summed E-state index contributed by atoms with van der Waals surface area (Å²) in [5.41, 5.74) is 0. The van der Waals surface area contributed by atoms with Gasteiger partial charge in [-0.2, -0.15) is 0 Å². The Balaban J connectivity index is 2.05. The first-order valence-electron chi connectivity index (χ1n) is 21.0. The lowest BCUT2D eigenvalue weighted by atomic mass is 10.0. The van der Waals surface area contributed by atoms with Crippen molar-refractivity contribution in [3.05, 3.63) is 12.4 Å². The van der Waals surface area contributed by atoms with Gasteiger partial charge in [0, 0.05) is 25.5 Å². The molecule has 0 spiro atoms. The molecule has 1 atom stereocenters. The summed E-state index contributed by atoms with van der Waals surface area (Å²) in [6.07, 6.45) is 54.5. The second-order valence-electron chi connectivity index (χ2n) is 14.6. The van der Waals surface area contributed by atoms with Crippen LogP contribution in [0.5, 0.6) is 0 Å². The highest BCUT2D eigenvalue weighted by atomic mass is 15.4. The molecule has 1 rings (SSSR count). The highest BCUT2D eigenvalue weighted by molar-refractivity contribution is 4.97. The predicted octanol–water partition coefficient (Wildman–Crippen LogP) is 14.7. The topological polar surface area (TPSA) is 6.48 Å². The number of hydrogen-bond donors (Lipinski definition) is 0. The smallest absolute Gasteiger partial charge is 0.101 e. The number of rotatable bonds is 36. The summed E-state index contributed by atoms with van der Waals surface area (Å²) in [4.78, 5) is 5.39. The fourth-order valence-electron chi connectivity index (χ4n) is 7.25. The van der Waals surface area contributed by atoms with Crippen molar-refractivity contribution in [2.45, 2.75) is 245 Å². The summed E-state index contributed by atoms with van der Waals surface area (Å²) < 4.78 is 0. The van der Waals surface area contributed by atoms with Crippen molar-refractivity contribution >= 4 is 0 Å². The van der Waals surface area contributed by atoms with E-state index >= 15 is 0 Å². The van der Waals surface area contributed by atoms with Crippen LogP contribution < -0.4 is 0 Å². The van der Waals surface area contributed by atoms with Gasteiger partial charge < -0.3 is 9.80 Å². The van der Waals surface area contributed by atoms with Gasteiger partial charge in [0.1, 0.15) is 6.17 Å². The van der Waals surface area contributed by atoms with Gasteiger partial charge in [0.25, 0.3) is 0 Å². The summed E-state index contributed by atoms with van der Waals surface area (Å²) in [5.74, 6) is 0. The van der Waals surface area contributed by atoms with Crippen molar-refractivity contribution in [3.63, 3.8) is 0 Å². The molecule has 0 amide bonds. The van der Waals surface area contributed by atoms with Gasteiger partial charge in [-0.25, -0.2) is 0 Å². The van der Waals surface area contributed by atoms with Crippen LogP contribution in [0.1, 0.15) is 239 Å². The highest BCUT2D eigenvalue weighted by Gasteiger charge is 2.24. The number of nitrogens with zero attached hydrogens (tertiary/aromatic N) is 2. The van der Waals surface area contributed by atoms with Crippen LogP contribution >= 0.6 is 0 Å². The summed E-state index contributed by atoms with van der Waals surface area (Å²) in [5, 5.41) is 0. The minimum atomic E-state index is 0.639. The lowest BCUT2D eigenvalue weighted by Gasteiger charge is -2.33. The van der Waals surface area contributed by atoms with E-state index in [1.165, 1.54) is 231 Å². The second kappa shape index (κ2) is 33.7. The molecule has 262 valence electrons. The third-order valence-corrected chi connectivity index (χ3v) is 10.3. The molecule has 1 aliphatic rings. The Morgan fingerprint density at radius 1 is 0.295 bits per heavy atom. The summed E-state index contributed by atoms with van der Waals surface area (Å²) in [6, 6.07) is 0. The normalized spacial score (nSPS) is 14.8. The van der Waals surface area contributed by atoms with E-state index in [-0.39, 0.29) is 0 Å². The van der Waals surface area contributed by atoms with Gasteiger partial charge in [-0.3, -0.25) is 0 Å². The Morgan fingerprint density at radius 2 is 0.523 bits per heavy atom. The van der Waals surface area contributed by atoms with Crippen molar-refractivity contribution in [3.8, 4) is 0 Å². The van der Waals surface area contributed by atoms with Crippen molar-refractivity contribution in [1.82, 2.24) is 9.80 Å². The second-order valence-corrected chi connectivity index (χ2v) is 14.6. The van der Waals surface area contributed by atoms with Gasteiger partial charge in [-0.1, -0.05) is 213 Å². The van der Waals surface area contributed by atoms with Gasteiger partial charge in [0.2, 0.25) is 0 Å². The average Bonchev–Trinajstić information content (AvgIpc) is 3.42. The first-order chi connectivity index (χ1) is 21.8. The van der Waals surface area contributed by atoms with E-state index in [0.717, 1.165) is 0 Å². The van der Waals surface area contributed by atoms with Crippen LogP contribution in [0.3, 0.4) is 0 Å². The zero-order valence-electron chi connectivity index (χ0n) is 31.1. The lowest BCUT2D eigenvalue weighted by Crippen LogP contribution is -2.39. The molecule has 0 radical (unpaired) electrons. The lowest BCUT2D eigenvalue weighted by molar-refractivity contribution is 0.135. The molecule has 2 heteroatoms. The zero-order chi connectivity index (χ0) is 31.6. The molecule has 0 saturated carbocycles. The van der Waals surface area contributed by atoms with E-state index in [1.807, 2.05) is 0 Å². The maximum absolute atomic E-state index is 2.71. The van der Waals surface area contributed by atoms with Crippen molar-refractivity contribution < 1.29 is 0 Å². The summed E-state index contributed by atoms with van der Waals surface area (Å²) in [6.45, 7) is 9.47. The SMILES string of the molecule is CCCCCCCCCCCCCCCCCC1N(CCCCC)C=CN1CCCCCCCCCCCCCCCCC. The molecule has 0 bridgehead atoms. The van der Waals surface area contributed by atoms with E-state index in [0.29, 0.717) is 6.17 Å². The van der Waals surface area contributed by atoms with E-state index in [9.17, 15) is 0 Å². The zero-order valence-corrected chi connectivity index (χ0v) is 31.1. The maximum atomic E-state index is 2.71. The Morgan fingerprint density at radius 3 is 0.841 bits per heavy atom. The molecule has 1 heterocycles. The van der Waals surface area contributed by atoms with Gasteiger partial charge in [-0.05, 0) is 25.7 Å². The highest BCUT2D eigenvalue weighted by Crippen LogP contribution is 2.24. The molecule has 0 aromatic heterocycles. The van der Waals surface area contributed by atoms with Crippen molar-refractivity contribution in [1.29, 1.82) is 0 Å². The molecule has 2 nitrogen and oxygen atoms in total. The summed E-state index contributed by atoms with van der Waals surface area (Å²) >= 11 is 0. The van der Waals surface area contributed by atoms with Crippen LogP contribution in [0.4, 0.5) is 0 Å². The monoisotopic (exact) mass is 617 g/mol. The largest absolute Gasteiger partial charge is 0.356 e. The van der Waals surface area contributed by atoms with Crippen LogP contribution in [-0.2, 0) is 0 Å². The van der Waals surface area contributed by atoms with Crippen LogP contribution in [0.25, 0.3) is 0 Å². The standard InChI is InChI=1S/C42H84N2/c1-4-7-10-12-14-16-18-20-22-24-26-28-30-32-34-37-42-43(38-35-9-6-3)40-41-44(42)39-36-33-31-29-27-25-23-21-19-17-15-13-11-8-5-2/h40-42H,4-39H2,1-3H3. The minimum Gasteiger partial charge on any atom is -0.356 e. The van der Waals surface area contributed by atoms with E-state index in [4.69, 9.17) is 0 Å². The van der Waals surface area contributed by atoms with Gasteiger partial charge in [-0.15, -0.1) is 0 Å². The van der Waals surface area contributed by atoms with E-state index < -0.39 is 0 Å². The Hall–Kier alpha value is -0.660. The first-order valence-corrected chi connectivity index (χ1v) is 21.0. The number of hydrogen-bond acceptors (Lipinski definition) is 2. The third-order valence-electron chi connectivity index (χ3n) is 10.3. The third kappa shape index (κ3) is 25.5. The van der Waals surface area contributed by atoms with Crippen LogP contribution in [0, 0.1) is 0 Å². The first kappa shape index (κ1) is 41.4. The Bertz CT molecular complexity index is 572. The molecule has 44 heavy (non-hydrogen) atoms. The minimum absolute atomic E-state index is 0.639. The number of unbranched alkanes of at least 4 members (excludes halogenated alkanes) is 30. The fourth-order valence-corrected chi connectivity index (χ4v) is 7.25. The average molecular weight is 617 g/mol. The molecule has 1 unspecified atom stereocenters. The Labute approximate surface area is 280 Å². The van der Waals surface area contributed by atoms with Gasteiger partial charge in [0.15, 0.2) is 0 Å². The molecule has 0 N–H and O–H groups in total. The van der Waals surface area contributed by atoms with Gasteiger partial charge in [0.05, 0.1) is 0 Å². The molecule has 0 fully saturated rings. The molecular weight excluding hydrogens is 532 g/mol. The van der Waals surface area contributed by atoms with Crippen molar-refractivity contribution in [2.24, 2.45) is 0 Å². The van der Waals surface area contributed by atoms with Crippen LogP contribution in [0.2, 0.25) is 0 Å². The summed E-state index contributed by atoms with van der Waals surface area (Å²) in [7, 11) is 0. The van der Waals surface area contributed by atoms with Crippen LogP contribution in [0.15, 0.2) is 12.4 Å². The fraction of sp³-hybridized carbons (Fsp3) is 0.952. The molecule has 0 aromatic carbocycles. The Kier molecular flexibility index (Phi) is 31.7. The van der Waals surface area contributed by atoms with E-state index in [1.54, 1.807) is 0 Å². The molecular formula is C42H84N2. The predicted molar refractivity (Wildman–Crippen MR) is 200 cm³/mol. The molecule has 0 saturated heterocycles. The van der Waals surface area contributed by atoms with E-state index in [2.05, 4.69) is 43.0 Å². The molecule has 1 aliphatic heterocycles. The molecule has 0 aromatic rings. The van der Waals surface area contributed by atoms with Crippen molar-refractivity contribution in [2.75, 3.05) is 13.1 Å². The van der Waals surface area contributed by atoms with Crippen LogP contribution in [-0.4, -0.2) is 29.1 Å². The maximum Gasteiger partial charge on any atom is 0.101 e. The molecule has 0 aliphatic carbocycles. The van der Waals surface area contributed by atoms with Gasteiger partial charge >= 0.3 is 0 Å². The quantitative estimate of drug-likeness (QED) is 0.0646.